The van der Waals surface area contributed by atoms with E-state index in [2.05, 4.69) is 9.47 Å². The molecule has 2 nitrogen and oxygen atoms in total. The number of allylic oxidation sites excluding steroid dienone is 2. The van der Waals surface area contributed by atoms with Crippen molar-refractivity contribution in [1.29, 1.82) is 0 Å². The minimum absolute atomic E-state index is 0.152. The van der Waals surface area contributed by atoms with Gasteiger partial charge in [-0.05, 0) is 12.8 Å². The van der Waals surface area contributed by atoms with Crippen LogP contribution in [0.3, 0.4) is 0 Å². The van der Waals surface area contributed by atoms with Gasteiger partial charge in [-0.25, -0.2) is 8.78 Å². The first-order valence-corrected chi connectivity index (χ1v) is 9.98. The van der Waals surface area contributed by atoms with E-state index in [-0.39, 0.29) is 24.3 Å². The van der Waals surface area contributed by atoms with Crippen LogP contribution in [-0.2, 0) is 9.47 Å². The molecule has 0 bridgehead atoms. The molecule has 0 aliphatic heterocycles. The van der Waals surface area contributed by atoms with Crippen molar-refractivity contribution in [2.24, 2.45) is 0 Å². The Balaban J connectivity index is 5.53. The minimum atomic E-state index is -7.32. The Labute approximate surface area is 217 Å². The van der Waals surface area contributed by atoms with Gasteiger partial charge in [0.15, 0.2) is 0 Å². The molecule has 0 radical (unpaired) electrons. The molecule has 250 valence electrons. The number of rotatable bonds is 13. The molecular formula is C18H12F22O2. The molecule has 2 atom stereocenters. The van der Waals surface area contributed by atoms with Gasteiger partial charge in [-0.15, -0.1) is 0 Å². The molecule has 0 aromatic heterocycles. The van der Waals surface area contributed by atoms with Crippen LogP contribution in [0.2, 0.25) is 0 Å². The summed E-state index contributed by atoms with van der Waals surface area (Å²) < 4.78 is 284. The second kappa shape index (κ2) is 12.1. The van der Waals surface area contributed by atoms with Crippen LogP contribution < -0.4 is 0 Å². The number of ether oxygens (including phenoxy) is 2. The molecule has 2 unspecified atom stereocenters. The lowest BCUT2D eigenvalue weighted by molar-refractivity contribution is -0.482. The fourth-order valence-electron chi connectivity index (χ4n) is 2.19. The third-order valence-corrected chi connectivity index (χ3v) is 4.46. The Morgan fingerprint density at radius 3 is 0.762 bits per heavy atom. The van der Waals surface area contributed by atoms with Crippen LogP contribution in [0.1, 0.15) is 25.7 Å². The molecule has 0 aromatic rings. The van der Waals surface area contributed by atoms with Gasteiger partial charge in [0, 0.05) is 12.8 Å². The zero-order valence-corrected chi connectivity index (χ0v) is 19.3. The van der Waals surface area contributed by atoms with Crippen molar-refractivity contribution in [3.63, 3.8) is 0 Å². The molecule has 0 spiro atoms. The van der Waals surface area contributed by atoms with Gasteiger partial charge in [0.25, 0.3) is 0 Å². The molecule has 0 aliphatic carbocycles. The van der Waals surface area contributed by atoms with Crippen molar-refractivity contribution in [1.82, 2.24) is 0 Å². The lowest BCUT2D eigenvalue weighted by Gasteiger charge is -2.34. The van der Waals surface area contributed by atoms with E-state index in [0.717, 1.165) is 0 Å². The first-order valence-electron chi connectivity index (χ1n) is 9.98. The molecule has 0 heterocycles. The van der Waals surface area contributed by atoms with Crippen molar-refractivity contribution in [3.05, 3.63) is 24.3 Å². The van der Waals surface area contributed by atoms with Crippen molar-refractivity contribution >= 4 is 0 Å². The van der Waals surface area contributed by atoms with E-state index >= 15 is 0 Å². The molecule has 0 fully saturated rings. The van der Waals surface area contributed by atoms with Gasteiger partial charge in [0.2, 0.25) is 0 Å². The third kappa shape index (κ3) is 8.71. The third-order valence-electron chi connectivity index (χ3n) is 4.46. The van der Waals surface area contributed by atoms with Gasteiger partial charge < -0.3 is 0 Å². The molecule has 0 aliphatic rings. The van der Waals surface area contributed by atoms with Crippen LogP contribution in [-0.4, -0.2) is 60.5 Å². The SMILES string of the molecule is FC(F)(F)C(F)(C/C=C/CC/C=C/CC(F)(OC(F)(F)C(F)(F)C(F)(F)F)C(F)(F)F)OC(F)(F)C(F)(F)C(F)(F)F. The Hall–Kier alpha value is -2.14. The maximum absolute atomic E-state index is 13.9. The number of unbranched alkanes of at least 4 members (excludes halogenated alkanes) is 1. The Morgan fingerprint density at radius 2 is 0.571 bits per heavy atom. The average molecular weight is 678 g/mol. The first kappa shape index (κ1) is 39.9. The van der Waals surface area contributed by atoms with Crippen LogP contribution in [0, 0.1) is 0 Å². The second-order valence-corrected chi connectivity index (χ2v) is 7.76. The van der Waals surface area contributed by atoms with Gasteiger partial charge in [0.1, 0.15) is 0 Å². The molecule has 0 N–H and O–H groups in total. The van der Waals surface area contributed by atoms with Crippen molar-refractivity contribution in [2.45, 2.75) is 86.2 Å². The second-order valence-electron chi connectivity index (χ2n) is 7.76. The van der Waals surface area contributed by atoms with E-state index in [1.807, 2.05) is 0 Å². The zero-order valence-electron chi connectivity index (χ0n) is 19.3. The normalized spacial score (nSPS) is 18.5. The summed E-state index contributed by atoms with van der Waals surface area (Å²) in [6.07, 6.45) is -48.5. The van der Waals surface area contributed by atoms with E-state index in [1.54, 1.807) is 0 Å². The summed E-state index contributed by atoms with van der Waals surface area (Å²) in [7, 11) is 0. The van der Waals surface area contributed by atoms with E-state index < -0.39 is 86.2 Å². The highest BCUT2D eigenvalue weighted by atomic mass is 19.4. The smallest absolute Gasteiger partial charge is 0.269 e. The molecule has 24 heteroatoms. The molecule has 0 saturated heterocycles. The largest absolute Gasteiger partial charge is 0.462 e. The lowest BCUT2D eigenvalue weighted by Crippen LogP contribution is -2.59. The number of hydrogen-bond acceptors (Lipinski definition) is 2. The van der Waals surface area contributed by atoms with E-state index in [0.29, 0.717) is 0 Å². The maximum Gasteiger partial charge on any atom is 0.462 e. The Kier molecular flexibility index (Phi) is 11.5. The van der Waals surface area contributed by atoms with Gasteiger partial charge in [0.05, 0.1) is 0 Å². The molecular weight excluding hydrogens is 666 g/mol. The van der Waals surface area contributed by atoms with Crippen LogP contribution in [0.15, 0.2) is 24.3 Å². The minimum Gasteiger partial charge on any atom is -0.269 e. The summed E-state index contributed by atoms with van der Waals surface area (Å²) in [5.74, 6) is -26.4. The standard InChI is InChI=1S/C18H12F22O2/c19-9(13(25,26)27,41-17(37,38)11(21,22)15(31,32)33)7-5-3-1-2-4-6-8-10(20,14(28,29)30)42-18(39,40)12(23,24)16(34,35)36/h3-6H,1-2,7-8H2/b5-3+,6-4+. The zero-order chi connectivity index (χ0) is 34.1. The lowest BCUT2D eigenvalue weighted by atomic mass is 10.1. The van der Waals surface area contributed by atoms with Gasteiger partial charge in [-0.3, -0.25) is 9.47 Å². The Bertz CT molecular complexity index is 863. The van der Waals surface area contributed by atoms with Crippen molar-refractivity contribution in [3.8, 4) is 0 Å². The molecule has 0 rings (SSSR count). The highest BCUT2D eigenvalue weighted by Gasteiger charge is 2.79. The highest BCUT2D eigenvalue weighted by Crippen LogP contribution is 2.53. The summed E-state index contributed by atoms with van der Waals surface area (Å²) in [4.78, 5) is 0. The summed E-state index contributed by atoms with van der Waals surface area (Å²) in [6, 6.07) is 0. The summed E-state index contributed by atoms with van der Waals surface area (Å²) in [6.45, 7) is 0. The summed E-state index contributed by atoms with van der Waals surface area (Å²) in [5, 5.41) is 0. The number of halogens is 22. The van der Waals surface area contributed by atoms with E-state index in [1.165, 1.54) is 0 Å². The van der Waals surface area contributed by atoms with Crippen LogP contribution in [0.4, 0.5) is 96.6 Å². The fourth-order valence-corrected chi connectivity index (χ4v) is 2.19. The summed E-state index contributed by atoms with van der Waals surface area (Å²) in [5.41, 5.74) is 0. The molecule has 0 saturated carbocycles. The highest BCUT2D eigenvalue weighted by molar-refractivity contribution is 4.98. The van der Waals surface area contributed by atoms with Crippen molar-refractivity contribution in [2.75, 3.05) is 0 Å². The topological polar surface area (TPSA) is 18.5 Å². The van der Waals surface area contributed by atoms with Gasteiger partial charge in [-0.2, -0.15) is 87.8 Å². The fraction of sp³-hybridized carbons (Fsp3) is 0.778. The van der Waals surface area contributed by atoms with Crippen LogP contribution in [0.5, 0.6) is 0 Å². The molecule has 42 heavy (non-hydrogen) atoms. The van der Waals surface area contributed by atoms with Crippen LogP contribution in [0.25, 0.3) is 0 Å². The average Bonchev–Trinajstić information content (AvgIpc) is 2.71. The first-order chi connectivity index (χ1) is 18.1. The molecule has 0 amide bonds. The Morgan fingerprint density at radius 1 is 0.333 bits per heavy atom. The van der Waals surface area contributed by atoms with Crippen LogP contribution >= 0.6 is 0 Å². The predicted molar refractivity (Wildman–Crippen MR) is 90.6 cm³/mol. The molecule has 0 aromatic carbocycles. The maximum atomic E-state index is 13.9. The number of alkyl halides is 22. The van der Waals surface area contributed by atoms with Gasteiger partial charge in [-0.1, -0.05) is 24.3 Å². The monoisotopic (exact) mass is 678 g/mol. The predicted octanol–water partition coefficient (Wildman–Crippen LogP) is 9.73. The van der Waals surface area contributed by atoms with Crippen molar-refractivity contribution < 1.29 is 106 Å². The van der Waals surface area contributed by atoms with E-state index in [4.69, 9.17) is 0 Å². The summed E-state index contributed by atoms with van der Waals surface area (Å²) >= 11 is 0. The number of hydrogen-bond donors (Lipinski definition) is 0. The quantitative estimate of drug-likeness (QED) is 0.110. The van der Waals surface area contributed by atoms with E-state index in [9.17, 15) is 96.6 Å². The van der Waals surface area contributed by atoms with Gasteiger partial charge >= 0.3 is 60.5 Å².